The largest absolute Gasteiger partial charge is 0.486 e. The van der Waals surface area contributed by atoms with Crippen LogP contribution in [0.15, 0.2) is 11.2 Å². The monoisotopic (exact) mass is 330 g/mol. The van der Waals surface area contributed by atoms with Crippen molar-refractivity contribution < 1.29 is 9.31 Å². The zero-order chi connectivity index (χ0) is 16.3. The molecule has 1 aliphatic rings. The summed E-state index contributed by atoms with van der Waals surface area (Å²) in [6.07, 6.45) is 6.12. The lowest BCUT2D eigenvalue weighted by atomic mass is 9.89. The first-order valence-corrected chi connectivity index (χ1v) is 12.3. The summed E-state index contributed by atoms with van der Waals surface area (Å²) >= 11 is 6.69. The van der Waals surface area contributed by atoms with E-state index in [0.29, 0.717) is 0 Å². The van der Waals surface area contributed by atoms with Crippen LogP contribution >= 0.6 is 11.1 Å². The molecule has 0 bridgehead atoms. The van der Waals surface area contributed by atoms with Crippen molar-refractivity contribution in [2.24, 2.45) is 0 Å². The van der Waals surface area contributed by atoms with Crippen molar-refractivity contribution in [3.05, 3.63) is 11.2 Å². The maximum absolute atomic E-state index is 6.69. The van der Waals surface area contributed by atoms with Crippen molar-refractivity contribution in [2.75, 3.05) is 0 Å². The van der Waals surface area contributed by atoms with Crippen molar-refractivity contribution in [1.29, 1.82) is 0 Å². The van der Waals surface area contributed by atoms with Crippen LogP contribution in [0.4, 0.5) is 0 Å². The van der Waals surface area contributed by atoms with E-state index in [0.717, 1.165) is 6.42 Å². The molecule has 0 atom stereocenters. The first-order chi connectivity index (χ1) is 9.49. The van der Waals surface area contributed by atoms with Crippen LogP contribution in [0, 0.1) is 0 Å². The minimum atomic E-state index is -1.83. The van der Waals surface area contributed by atoms with Gasteiger partial charge in [0.05, 0.1) is 11.2 Å². The fourth-order valence-corrected chi connectivity index (χ4v) is 4.22. The second kappa shape index (κ2) is 7.20. The van der Waals surface area contributed by atoms with E-state index in [1.54, 1.807) is 0 Å². The predicted molar refractivity (Wildman–Crippen MR) is 96.3 cm³/mol. The van der Waals surface area contributed by atoms with Crippen molar-refractivity contribution in [1.82, 2.24) is 0 Å². The molecule has 1 heterocycles. The van der Waals surface area contributed by atoms with Gasteiger partial charge in [0.15, 0.2) is 7.38 Å². The first-order valence-electron chi connectivity index (χ1n) is 8.25. The highest BCUT2D eigenvalue weighted by Crippen LogP contribution is 2.38. The molecular weight excluding hydrogens is 299 g/mol. The van der Waals surface area contributed by atoms with Gasteiger partial charge in [0.1, 0.15) is 0 Å². The minimum Gasteiger partial charge on any atom is -0.400 e. The molecule has 0 amide bonds. The Bertz CT molecular complexity index is 359. The van der Waals surface area contributed by atoms with E-state index < -0.39 is 7.38 Å². The Hall–Kier alpha value is 0.232. The van der Waals surface area contributed by atoms with Crippen LogP contribution in [0.2, 0.25) is 13.1 Å². The van der Waals surface area contributed by atoms with E-state index in [9.17, 15) is 0 Å². The quantitative estimate of drug-likeness (QED) is 0.349. The van der Waals surface area contributed by atoms with Crippen molar-refractivity contribution in [2.45, 2.75) is 91.0 Å². The van der Waals surface area contributed by atoms with Crippen LogP contribution in [0.1, 0.15) is 66.7 Å². The van der Waals surface area contributed by atoms with E-state index in [-0.39, 0.29) is 18.3 Å². The Morgan fingerprint density at radius 3 is 2.00 bits per heavy atom. The highest BCUT2D eigenvalue weighted by molar-refractivity contribution is 7.23. The molecule has 5 heteroatoms. The third kappa shape index (κ3) is 5.42. The average Bonchev–Trinajstić information content (AvgIpc) is 2.50. The highest BCUT2D eigenvalue weighted by atomic mass is 35.6. The molecule has 1 aliphatic heterocycles. The van der Waals surface area contributed by atoms with Gasteiger partial charge in [-0.2, -0.15) is 11.1 Å². The lowest BCUT2D eigenvalue weighted by molar-refractivity contribution is 0.00578. The van der Waals surface area contributed by atoms with Crippen LogP contribution in [0.5, 0.6) is 0 Å². The maximum atomic E-state index is 6.69. The summed E-state index contributed by atoms with van der Waals surface area (Å²) in [5, 5.41) is 1.36. The lowest BCUT2D eigenvalue weighted by Gasteiger charge is -2.32. The molecule has 0 spiro atoms. The Morgan fingerprint density at radius 2 is 1.57 bits per heavy atom. The number of hydrogen-bond acceptors (Lipinski definition) is 2. The van der Waals surface area contributed by atoms with Gasteiger partial charge in [-0.3, -0.25) is 0 Å². The molecule has 0 N–H and O–H groups in total. The summed E-state index contributed by atoms with van der Waals surface area (Å²) < 4.78 is 12.2. The molecule has 0 radical (unpaired) electrons. The number of allylic oxidation sites excluding steroid dienone is 1. The Labute approximate surface area is 137 Å². The van der Waals surface area contributed by atoms with Gasteiger partial charge in [0, 0.05) is 0 Å². The number of hydrogen-bond donors (Lipinski definition) is 0. The average molecular weight is 331 g/mol. The fourth-order valence-electron chi connectivity index (χ4n) is 2.44. The van der Waals surface area contributed by atoms with Gasteiger partial charge in [0.25, 0.3) is 0 Å². The third-order valence-electron chi connectivity index (χ3n) is 4.67. The summed E-state index contributed by atoms with van der Waals surface area (Å²) in [4.78, 5) is 0. The fraction of sp³-hybridized carbons (Fsp3) is 0.875. The number of rotatable bonds is 7. The van der Waals surface area contributed by atoms with Gasteiger partial charge in [0.2, 0.25) is 0 Å². The van der Waals surface area contributed by atoms with E-state index in [1.807, 2.05) is 0 Å². The topological polar surface area (TPSA) is 18.5 Å². The predicted octanol–water partition coefficient (Wildman–Crippen LogP) is 5.50. The van der Waals surface area contributed by atoms with Gasteiger partial charge < -0.3 is 9.31 Å². The van der Waals surface area contributed by atoms with E-state index >= 15 is 0 Å². The molecule has 122 valence electrons. The summed E-state index contributed by atoms with van der Waals surface area (Å²) in [7, 11) is -2.10. The molecule has 0 aliphatic carbocycles. The normalized spacial score (nSPS) is 21.9. The zero-order valence-corrected chi connectivity index (χ0v) is 16.6. The second-order valence-corrected chi connectivity index (χ2v) is 14.0. The molecule has 1 rings (SSSR count). The molecule has 0 saturated carbocycles. The Kier molecular flexibility index (Phi) is 6.61. The van der Waals surface area contributed by atoms with Gasteiger partial charge >= 0.3 is 7.12 Å². The van der Waals surface area contributed by atoms with Crippen molar-refractivity contribution in [3.63, 3.8) is 0 Å². The summed E-state index contributed by atoms with van der Waals surface area (Å²) in [6.45, 7) is 15.0. The molecule has 0 aromatic rings. The molecule has 0 unspecified atom stereocenters. The van der Waals surface area contributed by atoms with Gasteiger partial charge in [-0.05, 0) is 40.5 Å². The van der Waals surface area contributed by atoms with E-state index in [4.69, 9.17) is 20.4 Å². The molecule has 21 heavy (non-hydrogen) atoms. The van der Waals surface area contributed by atoms with Crippen LogP contribution in [0.25, 0.3) is 0 Å². The SMILES string of the molecule is CCCCCC/C(=C/B1OC(C)(C)C(C)(C)O1)[Si](C)(C)Cl. The minimum absolute atomic E-state index is 0.262. The zero-order valence-electron chi connectivity index (χ0n) is 14.9. The van der Waals surface area contributed by atoms with Gasteiger partial charge in [-0.15, -0.1) is 0 Å². The molecular formula is C16H32BClO2Si. The Balaban J connectivity index is 2.76. The second-order valence-electron chi connectivity index (χ2n) is 7.60. The number of unbranched alkanes of at least 4 members (excludes halogenated alkanes) is 3. The van der Waals surface area contributed by atoms with Crippen LogP contribution in [-0.2, 0) is 9.31 Å². The first kappa shape index (κ1) is 19.3. The molecule has 1 saturated heterocycles. The van der Waals surface area contributed by atoms with Gasteiger partial charge in [-0.1, -0.05) is 50.5 Å². The van der Waals surface area contributed by atoms with Crippen LogP contribution < -0.4 is 0 Å². The van der Waals surface area contributed by atoms with Crippen molar-refractivity contribution in [3.8, 4) is 0 Å². The van der Waals surface area contributed by atoms with Crippen LogP contribution in [0.3, 0.4) is 0 Å². The van der Waals surface area contributed by atoms with Crippen LogP contribution in [-0.4, -0.2) is 25.7 Å². The highest BCUT2D eigenvalue weighted by Gasteiger charge is 2.50. The molecule has 0 aromatic carbocycles. The lowest BCUT2D eigenvalue weighted by Crippen LogP contribution is -2.41. The smallest absolute Gasteiger partial charge is 0.400 e. The standard InChI is InChI=1S/C16H32BClO2Si/c1-8-9-10-11-12-14(21(6,7)18)13-17-19-15(2,3)16(4,5)20-17/h13H,8-12H2,1-7H3/b14-13-. The van der Waals surface area contributed by atoms with E-state index in [1.165, 1.54) is 30.9 Å². The third-order valence-corrected chi connectivity index (χ3v) is 7.34. The van der Waals surface area contributed by atoms with E-state index in [2.05, 4.69) is 53.7 Å². The molecule has 1 fully saturated rings. The molecule has 0 aromatic heterocycles. The number of halogens is 1. The molecule has 2 nitrogen and oxygen atoms in total. The summed E-state index contributed by atoms with van der Waals surface area (Å²) in [6, 6.07) is 0. The van der Waals surface area contributed by atoms with Crippen molar-refractivity contribution >= 4 is 25.6 Å². The van der Waals surface area contributed by atoms with Gasteiger partial charge in [-0.25, -0.2) is 0 Å². The Morgan fingerprint density at radius 1 is 1.05 bits per heavy atom. The maximum Gasteiger partial charge on any atom is 0.486 e. The summed E-state index contributed by atoms with van der Waals surface area (Å²) in [5.41, 5.74) is -0.557. The summed E-state index contributed by atoms with van der Waals surface area (Å²) in [5.74, 6) is 2.15.